The zero-order valence-corrected chi connectivity index (χ0v) is 11.3. The molecule has 0 fully saturated rings. The van der Waals surface area contributed by atoms with Crippen LogP contribution in [0.5, 0.6) is 5.75 Å². The van der Waals surface area contributed by atoms with Crippen molar-refractivity contribution in [2.45, 2.75) is 26.9 Å². The minimum Gasteiger partial charge on any atom is -0.489 e. The van der Waals surface area contributed by atoms with Gasteiger partial charge in [-0.1, -0.05) is 30.3 Å². The summed E-state index contributed by atoms with van der Waals surface area (Å²) in [5, 5.41) is 8.70. The third-order valence-electron chi connectivity index (χ3n) is 3.21. The largest absolute Gasteiger partial charge is 0.489 e. The average molecular weight is 251 g/mol. The molecule has 96 valence electrons. The standard InChI is InChI=1S/C17H17NO/c1-13-5-3-6-14(2)17(13)12-19-16-8-4-7-15(11-16)9-10-18/h3-8,11H,9,12H2,1-2H3. The normalized spacial score (nSPS) is 9.95. The van der Waals surface area contributed by atoms with E-state index < -0.39 is 0 Å². The molecule has 0 spiro atoms. The van der Waals surface area contributed by atoms with Crippen LogP contribution in [0.3, 0.4) is 0 Å². The van der Waals surface area contributed by atoms with Crippen LogP contribution in [-0.2, 0) is 13.0 Å². The van der Waals surface area contributed by atoms with Crippen LogP contribution in [0.25, 0.3) is 0 Å². The molecule has 0 amide bonds. The van der Waals surface area contributed by atoms with Gasteiger partial charge in [0.05, 0.1) is 12.5 Å². The molecule has 0 unspecified atom stereocenters. The Morgan fingerprint density at radius 1 is 1.05 bits per heavy atom. The minimum atomic E-state index is 0.417. The summed E-state index contributed by atoms with van der Waals surface area (Å²) in [6, 6.07) is 16.1. The molecular formula is C17H17NO. The Balaban J connectivity index is 2.11. The summed E-state index contributed by atoms with van der Waals surface area (Å²) in [6.45, 7) is 4.75. The molecule has 2 nitrogen and oxygen atoms in total. The van der Waals surface area contributed by atoms with Crippen molar-refractivity contribution in [1.29, 1.82) is 5.26 Å². The van der Waals surface area contributed by atoms with Gasteiger partial charge in [0.25, 0.3) is 0 Å². The van der Waals surface area contributed by atoms with Crippen LogP contribution in [-0.4, -0.2) is 0 Å². The van der Waals surface area contributed by atoms with Gasteiger partial charge in [-0.3, -0.25) is 0 Å². The van der Waals surface area contributed by atoms with Crippen molar-refractivity contribution >= 4 is 0 Å². The first-order valence-corrected chi connectivity index (χ1v) is 6.34. The number of ether oxygens (including phenoxy) is 1. The van der Waals surface area contributed by atoms with Crippen LogP contribution in [0.1, 0.15) is 22.3 Å². The number of aryl methyl sites for hydroxylation is 2. The molecule has 2 aromatic rings. The number of hydrogen-bond donors (Lipinski definition) is 0. The van der Waals surface area contributed by atoms with Crippen molar-refractivity contribution in [3.8, 4) is 11.8 Å². The van der Waals surface area contributed by atoms with Crippen LogP contribution in [0, 0.1) is 25.2 Å². The van der Waals surface area contributed by atoms with E-state index in [2.05, 4.69) is 38.1 Å². The minimum absolute atomic E-state index is 0.417. The van der Waals surface area contributed by atoms with E-state index in [1.807, 2.05) is 24.3 Å². The van der Waals surface area contributed by atoms with Gasteiger partial charge in [-0.2, -0.15) is 5.26 Å². The lowest BCUT2D eigenvalue weighted by Gasteiger charge is -2.11. The molecule has 2 heteroatoms. The van der Waals surface area contributed by atoms with E-state index in [9.17, 15) is 0 Å². The molecule has 0 aliphatic heterocycles. The van der Waals surface area contributed by atoms with Gasteiger partial charge >= 0.3 is 0 Å². The second-order valence-electron chi connectivity index (χ2n) is 4.64. The Kier molecular flexibility index (Phi) is 4.20. The van der Waals surface area contributed by atoms with Crippen molar-refractivity contribution in [2.75, 3.05) is 0 Å². The molecule has 2 rings (SSSR count). The number of rotatable bonds is 4. The highest BCUT2D eigenvalue weighted by Crippen LogP contribution is 2.19. The second-order valence-corrected chi connectivity index (χ2v) is 4.64. The number of nitriles is 1. The highest BCUT2D eigenvalue weighted by atomic mass is 16.5. The Morgan fingerprint density at radius 3 is 2.42 bits per heavy atom. The van der Waals surface area contributed by atoms with Crippen molar-refractivity contribution in [3.05, 3.63) is 64.7 Å². The van der Waals surface area contributed by atoms with Crippen molar-refractivity contribution in [3.63, 3.8) is 0 Å². The molecule has 0 N–H and O–H groups in total. The lowest BCUT2D eigenvalue weighted by Crippen LogP contribution is -2.00. The van der Waals surface area contributed by atoms with E-state index >= 15 is 0 Å². The lowest BCUT2D eigenvalue weighted by atomic mass is 10.0. The quantitative estimate of drug-likeness (QED) is 0.824. The number of nitrogens with zero attached hydrogens (tertiary/aromatic N) is 1. The van der Waals surface area contributed by atoms with E-state index in [1.165, 1.54) is 16.7 Å². The van der Waals surface area contributed by atoms with Gasteiger partial charge in [0.2, 0.25) is 0 Å². The molecule has 0 heterocycles. The zero-order valence-electron chi connectivity index (χ0n) is 11.3. The summed E-state index contributed by atoms with van der Waals surface area (Å²) in [5.41, 5.74) is 4.70. The molecule has 0 aliphatic carbocycles. The first-order chi connectivity index (χ1) is 9.20. The highest BCUT2D eigenvalue weighted by molar-refractivity contribution is 5.34. The smallest absolute Gasteiger partial charge is 0.120 e. The summed E-state index contributed by atoms with van der Waals surface area (Å²) in [5.74, 6) is 0.815. The van der Waals surface area contributed by atoms with Crippen LogP contribution in [0.15, 0.2) is 42.5 Å². The molecule has 0 aliphatic rings. The van der Waals surface area contributed by atoms with E-state index in [4.69, 9.17) is 10.00 Å². The van der Waals surface area contributed by atoms with Gasteiger partial charge in [0.15, 0.2) is 0 Å². The maximum Gasteiger partial charge on any atom is 0.120 e. The fraction of sp³-hybridized carbons (Fsp3) is 0.235. The lowest BCUT2D eigenvalue weighted by molar-refractivity contribution is 0.304. The summed E-state index contributed by atoms with van der Waals surface area (Å²) in [7, 11) is 0. The molecule has 19 heavy (non-hydrogen) atoms. The predicted octanol–water partition coefficient (Wildman–Crippen LogP) is 3.95. The first kappa shape index (κ1) is 13.2. The molecule has 2 aromatic carbocycles. The number of benzene rings is 2. The summed E-state index contributed by atoms with van der Waals surface area (Å²) in [4.78, 5) is 0. The summed E-state index contributed by atoms with van der Waals surface area (Å²) in [6.07, 6.45) is 0.417. The maximum absolute atomic E-state index is 8.70. The molecule has 0 aromatic heterocycles. The first-order valence-electron chi connectivity index (χ1n) is 6.34. The molecule has 0 saturated carbocycles. The average Bonchev–Trinajstić information content (AvgIpc) is 2.39. The highest BCUT2D eigenvalue weighted by Gasteiger charge is 2.03. The molecular weight excluding hydrogens is 234 g/mol. The van der Waals surface area contributed by atoms with Crippen LogP contribution in [0.4, 0.5) is 0 Å². The molecule has 0 atom stereocenters. The SMILES string of the molecule is Cc1cccc(C)c1COc1cccc(CC#N)c1. The topological polar surface area (TPSA) is 33.0 Å². The van der Waals surface area contributed by atoms with Crippen molar-refractivity contribution < 1.29 is 4.74 Å². The van der Waals surface area contributed by atoms with Crippen LogP contribution >= 0.6 is 0 Å². The fourth-order valence-electron chi connectivity index (χ4n) is 2.07. The van der Waals surface area contributed by atoms with Crippen molar-refractivity contribution in [1.82, 2.24) is 0 Å². The van der Waals surface area contributed by atoms with Gasteiger partial charge in [0, 0.05) is 0 Å². The van der Waals surface area contributed by atoms with E-state index in [-0.39, 0.29) is 0 Å². The summed E-state index contributed by atoms with van der Waals surface area (Å²) >= 11 is 0. The van der Waals surface area contributed by atoms with E-state index in [1.54, 1.807) is 0 Å². The second kappa shape index (κ2) is 6.06. The van der Waals surface area contributed by atoms with Crippen LogP contribution in [0.2, 0.25) is 0 Å². The Hall–Kier alpha value is -2.27. The molecule has 0 saturated heterocycles. The zero-order chi connectivity index (χ0) is 13.7. The maximum atomic E-state index is 8.70. The Labute approximate surface area is 114 Å². The monoisotopic (exact) mass is 251 g/mol. The predicted molar refractivity (Wildman–Crippen MR) is 76.0 cm³/mol. The van der Waals surface area contributed by atoms with Gasteiger partial charge in [-0.25, -0.2) is 0 Å². The Morgan fingerprint density at radius 2 is 1.74 bits per heavy atom. The van der Waals surface area contributed by atoms with E-state index in [0.29, 0.717) is 13.0 Å². The van der Waals surface area contributed by atoms with Crippen LogP contribution < -0.4 is 4.74 Å². The molecule has 0 radical (unpaired) electrons. The van der Waals surface area contributed by atoms with Gasteiger partial charge in [-0.15, -0.1) is 0 Å². The van der Waals surface area contributed by atoms with Gasteiger partial charge < -0.3 is 4.74 Å². The van der Waals surface area contributed by atoms with E-state index in [0.717, 1.165) is 11.3 Å². The van der Waals surface area contributed by atoms with Gasteiger partial charge in [-0.05, 0) is 48.2 Å². The van der Waals surface area contributed by atoms with Gasteiger partial charge in [0.1, 0.15) is 12.4 Å². The molecule has 0 bridgehead atoms. The third-order valence-corrected chi connectivity index (χ3v) is 3.21. The third kappa shape index (κ3) is 3.35. The summed E-state index contributed by atoms with van der Waals surface area (Å²) < 4.78 is 5.83. The number of hydrogen-bond acceptors (Lipinski definition) is 2. The fourth-order valence-corrected chi connectivity index (χ4v) is 2.07. The van der Waals surface area contributed by atoms with Crippen molar-refractivity contribution in [2.24, 2.45) is 0 Å². The Bertz CT molecular complexity index is 591.